The van der Waals surface area contributed by atoms with Gasteiger partial charge in [0, 0.05) is 12.5 Å². The fraction of sp³-hybridized carbons (Fsp3) is 0.438. The first-order valence-corrected chi connectivity index (χ1v) is 7.92. The maximum absolute atomic E-state index is 10.8. The molecule has 108 valence electrons. The molecule has 0 saturated carbocycles. The van der Waals surface area contributed by atoms with E-state index in [1.807, 2.05) is 22.9 Å². The maximum atomic E-state index is 10.8. The first kappa shape index (κ1) is 15.3. The largest absolute Gasteiger partial charge is 0.386 e. The van der Waals surface area contributed by atoms with Crippen LogP contribution in [0.25, 0.3) is 0 Å². The lowest BCUT2D eigenvalue weighted by Gasteiger charge is -2.23. The summed E-state index contributed by atoms with van der Waals surface area (Å²) in [7, 11) is 0. The normalized spacial score (nSPS) is 14.2. The number of benzene rings is 1. The Kier molecular flexibility index (Phi) is 5.38. The van der Waals surface area contributed by atoms with Crippen molar-refractivity contribution in [3.05, 3.63) is 52.3 Å². The van der Waals surface area contributed by atoms with Crippen LogP contribution >= 0.6 is 15.9 Å². The number of aliphatic hydroxyl groups is 1. The van der Waals surface area contributed by atoms with Gasteiger partial charge in [-0.1, -0.05) is 44.2 Å². The Morgan fingerprint density at radius 1 is 1.25 bits per heavy atom. The summed E-state index contributed by atoms with van der Waals surface area (Å²) >= 11 is 3.51. The third-order valence-electron chi connectivity index (χ3n) is 3.60. The average Bonchev–Trinajstić information content (AvgIpc) is 2.82. The van der Waals surface area contributed by atoms with Gasteiger partial charge in [0.2, 0.25) is 0 Å². The van der Waals surface area contributed by atoms with E-state index in [-0.39, 0.29) is 5.92 Å². The smallest absolute Gasteiger partial charge is 0.104 e. The minimum atomic E-state index is -0.550. The Morgan fingerprint density at radius 3 is 2.55 bits per heavy atom. The molecule has 2 aromatic rings. The van der Waals surface area contributed by atoms with Crippen LogP contribution in [-0.4, -0.2) is 14.9 Å². The number of hydrogen-bond donors (Lipinski definition) is 1. The Bertz CT molecular complexity index is 539. The molecule has 0 spiro atoms. The molecule has 20 heavy (non-hydrogen) atoms. The van der Waals surface area contributed by atoms with E-state index < -0.39 is 6.10 Å². The average molecular weight is 337 g/mol. The minimum absolute atomic E-state index is 0.0832. The van der Waals surface area contributed by atoms with Crippen LogP contribution in [0, 0.1) is 0 Å². The first-order chi connectivity index (χ1) is 9.69. The summed E-state index contributed by atoms with van der Waals surface area (Å²) in [6.07, 6.45) is 3.10. The van der Waals surface area contributed by atoms with E-state index in [2.05, 4.69) is 47.0 Å². The Hall–Kier alpha value is -1.13. The SMILES string of the molecule is CCCn1ncc(Br)c1C(O)C(CC)c1ccccc1. The van der Waals surface area contributed by atoms with Crippen LogP contribution in [0.3, 0.4) is 0 Å². The molecular formula is C16H21BrN2O. The molecule has 0 aliphatic rings. The van der Waals surface area contributed by atoms with E-state index in [0.29, 0.717) is 0 Å². The summed E-state index contributed by atoms with van der Waals surface area (Å²) in [6, 6.07) is 10.2. The zero-order valence-electron chi connectivity index (χ0n) is 12.0. The highest BCUT2D eigenvalue weighted by Crippen LogP contribution is 2.36. The third kappa shape index (κ3) is 3.13. The second-order valence-corrected chi connectivity index (χ2v) is 5.83. The van der Waals surface area contributed by atoms with Gasteiger partial charge in [0.25, 0.3) is 0 Å². The van der Waals surface area contributed by atoms with Crippen LogP contribution in [0.1, 0.15) is 50.0 Å². The standard InChI is InChI=1S/C16H21BrN2O/c1-3-10-19-15(14(17)11-18-19)16(20)13(4-2)12-8-6-5-7-9-12/h5-9,11,13,16,20H,3-4,10H2,1-2H3. The summed E-state index contributed by atoms with van der Waals surface area (Å²) < 4.78 is 2.79. The highest BCUT2D eigenvalue weighted by molar-refractivity contribution is 9.10. The van der Waals surface area contributed by atoms with Gasteiger partial charge in [0.1, 0.15) is 6.10 Å². The van der Waals surface area contributed by atoms with E-state index >= 15 is 0 Å². The number of aliphatic hydroxyl groups excluding tert-OH is 1. The number of halogens is 1. The maximum Gasteiger partial charge on any atom is 0.104 e. The molecule has 0 radical (unpaired) electrons. The van der Waals surface area contributed by atoms with Gasteiger partial charge in [-0.2, -0.15) is 5.10 Å². The zero-order chi connectivity index (χ0) is 14.5. The van der Waals surface area contributed by atoms with Crippen molar-refractivity contribution in [1.29, 1.82) is 0 Å². The molecule has 3 nitrogen and oxygen atoms in total. The van der Waals surface area contributed by atoms with Gasteiger partial charge in [-0.15, -0.1) is 0 Å². The van der Waals surface area contributed by atoms with Gasteiger partial charge in [0.15, 0.2) is 0 Å². The second kappa shape index (κ2) is 7.04. The van der Waals surface area contributed by atoms with Gasteiger partial charge in [-0.05, 0) is 34.3 Å². The lowest BCUT2D eigenvalue weighted by Crippen LogP contribution is -2.16. The molecule has 1 heterocycles. The number of nitrogens with zero attached hydrogens (tertiary/aromatic N) is 2. The molecule has 2 rings (SSSR count). The molecule has 4 heteroatoms. The lowest BCUT2D eigenvalue weighted by molar-refractivity contribution is 0.131. The van der Waals surface area contributed by atoms with Crippen molar-refractivity contribution in [2.75, 3.05) is 0 Å². The Morgan fingerprint density at radius 2 is 1.95 bits per heavy atom. The van der Waals surface area contributed by atoms with Crippen LogP contribution in [0.4, 0.5) is 0 Å². The third-order valence-corrected chi connectivity index (χ3v) is 4.21. The van der Waals surface area contributed by atoms with Crippen molar-refractivity contribution < 1.29 is 5.11 Å². The van der Waals surface area contributed by atoms with Crippen LogP contribution in [0.5, 0.6) is 0 Å². The van der Waals surface area contributed by atoms with Gasteiger partial charge < -0.3 is 5.11 Å². The molecule has 0 fully saturated rings. The van der Waals surface area contributed by atoms with Crippen LogP contribution < -0.4 is 0 Å². The fourth-order valence-electron chi connectivity index (χ4n) is 2.59. The predicted octanol–water partition coefficient (Wildman–Crippen LogP) is 4.28. The number of aromatic nitrogens is 2. The number of hydrogen-bond acceptors (Lipinski definition) is 2. The molecule has 1 N–H and O–H groups in total. The predicted molar refractivity (Wildman–Crippen MR) is 84.7 cm³/mol. The monoisotopic (exact) mass is 336 g/mol. The number of aryl methyl sites for hydroxylation is 1. The lowest BCUT2D eigenvalue weighted by atomic mass is 9.89. The Labute approximate surface area is 128 Å². The molecule has 0 saturated heterocycles. The molecule has 0 aliphatic carbocycles. The highest BCUT2D eigenvalue weighted by Gasteiger charge is 2.26. The van der Waals surface area contributed by atoms with E-state index in [9.17, 15) is 5.11 Å². The van der Waals surface area contributed by atoms with Crippen LogP contribution in [0.15, 0.2) is 41.0 Å². The van der Waals surface area contributed by atoms with Gasteiger partial charge in [0.05, 0.1) is 16.4 Å². The topological polar surface area (TPSA) is 38.0 Å². The summed E-state index contributed by atoms with van der Waals surface area (Å²) in [5.41, 5.74) is 2.04. The zero-order valence-corrected chi connectivity index (χ0v) is 13.5. The minimum Gasteiger partial charge on any atom is -0.386 e. The molecule has 1 aromatic carbocycles. The van der Waals surface area contributed by atoms with Crippen LogP contribution in [0.2, 0.25) is 0 Å². The molecule has 0 aliphatic heterocycles. The summed E-state index contributed by atoms with van der Waals surface area (Å²) in [5.74, 6) is 0.0832. The second-order valence-electron chi connectivity index (χ2n) is 4.97. The van der Waals surface area contributed by atoms with Gasteiger partial charge in [-0.3, -0.25) is 4.68 Å². The van der Waals surface area contributed by atoms with E-state index in [4.69, 9.17) is 0 Å². The highest BCUT2D eigenvalue weighted by atomic mass is 79.9. The van der Waals surface area contributed by atoms with Gasteiger partial charge in [-0.25, -0.2) is 0 Å². The molecule has 0 amide bonds. The van der Waals surface area contributed by atoms with Gasteiger partial charge >= 0.3 is 0 Å². The molecule has 2 unspecified atom stereocenters. The van der Waals surface area contributed by atoms with Crippen LogP contribution in [-0.2, 0) is 6.54 Å². The summed E-state index contributed by atoms with van der Waals surface area (Å²) in [5, 5.41) is 15.2. The van der Waals surface area contributed by atoms with Crippen molar-refractivity contribution in [1.82, 2.24) is 9.78 Å². The van der Waals surface area contributed by atoms with Crippen molar-refractivity contribution in [2.45, 2.75) is 45.3 Å². The summed E-state index contributed by atoms with van der Waals surface area (Å²) in [4.78, 5) is 0. The van der Waals surface area contributed by atoms with Crippen molar-refractivity contribution in [3.8, 4) is 0 Å². The molecular weight excluding hydrogens is 316 g/mol. The quantitative estimate of drug-likeness (QED) is 0.854. The fourth-order valence-corrected chi connectivity index (χ4v) is 3.12. The summed E-state index contributed by atoms with van der Waals surface area (Å²) in [6.45, 7) is 5.04. The van der Waals surface area contributed by atoms with Crippen molar-refractivity contribution >= 4 is 15.9 Å². The van der Waals surface area contributed by atoms with E-state index in [0.717, 1.165) is 29.6 Å². The van der Waals surface area contributed by atoms with E-state index in [1.54, 1.807) is 6.20 Å². The van der Waals surface area contributed by atoms with Crippen molar-refractivity contribution in [2.24, 2.45) is 0 Å². The molecule has 2 atom stereocenters. The Balaban J connectivity index is 2.34. The van der Waals surface area contributed by atoms with E-state index in [1.165, 1.54) is 5.56 Å². The first-order valence-electron chi connectivity index (χ1n) is 7.13. The molecule has 0 bridgehead atoms. The molecule has 1 aromatic heterocycles. The van der Waals surface area contributed by atoms with Crippen molar-refractivity contribution in [3.63, 3.8) is 0 Å². The number of rotatable bonds is 6.